The molecule has 2 heterocycles. The van der Waals surface area contributed by atoms with Crippen LogP contribution in [0, 0.1) is 6.92 Å². The molecule has 0 saturated heterocycles. The number of aryl methyl sites for hydroxylation is 1. The summed E-state index contributed by atoms with van der Waals surface area (Å²) >= 11 is 6.01. The number of carbonyl (C=O) groups excluding carboxylic acids is 1. The van der Waals surface area contributed by atoms with Gasteiger partial charge in [-0.15, -0.1) is 0 Å². The van der Waals surface area contributed by atoms with Crippen LogP contribution in [0.5, 0.6) is 0 Å². The van der Waals surface area contributed by atoms with E-state index in [-0.39, 0.29) is 18.7 Å². The van der Waals surface area contributed by atoms with Crippen LogP contribution >= 0.6 is 11.6 Å². The molecule has 0 aliphatic rings. The summed E-state index contributed by atoms with van der Waals surface area (Å²) in [5.41, 5.74) is 3.55. The Morgan fingerprint density at radius 1 is 1.27 bits per heavy atom. The van der Waals surface area contributed by atoms with E-state index in [1.165, 1.54) is 6.20 Å². The summed E-state index contributed by atoms with van der Waals surface area (Å²) < 4.78 is 5.09. The standard InChI is InChI=1S/C24H23ClN4O4/c1-3-33-24(32)15-9-13(2)21-18(11-15)28-22(29-21)20-17(7-8-26-23(20)31)27-12-19(30)14-5-4-6-16(25)10-14/h4-11,19,30H,3,12H2,1-2H3,(H,28,29)(H2,26,27,31). The molecular weight excluding hydrogens is 444 g/mol. The number of ether oxygens (including phenoxy) is 1. The number of aromatic amines is 2. The van der Waals surface area contributed by atoms with E-state index in [0.717, 1.165) is 5.56 Å². The molecular formula is C24H23ClN4O4. The fraction of sp³-hybridized carbons (Fsp3) is 0.208. The van der Waals surface area contributed by atoms with Gasteiger partial charge in [-0.1, -0.05) is 23.7 Å². The fourth-order valence-corrected chi connectivity index (χ4v) is 3.84. The van der Waals surface area contributed by atoms with E-state index in [1.807, 2.05) is 6.92 Å². The number of carbonyl (C=O) groups is 1. The molecule has 0 amide bonds. The summed E-state index contributed by atoms with van der Waals surface area (Å²) in [7, 11) is 0. The molecule has 4 N–H and O–H groups in total. The Balaban J connectivity index is 1.67. The van der Waals surface area contributed by atoms with Crippen LogP contribution in [0.15, 0.2) is 53.5 Å². The highest BCUT2D eigenvalue weighted by molar-refractivity contribution is 6.30. The third-order valence-electron chi connectivity index (χ3n) is 5.21. The van der Waals surface area contributed by atoms with Gasteiger partial charge in [-0.25, -0.2) is 9.78 Å². The number of H-pyrrole nitrogens is 2. The van der Waals surface area contributed by atoms with Gasteiger partial charge in [-0.2, -0.15) is 0 Å². The SMILES string of the molecule is CCOC(=O)c1cc(C)c2nc(-c3c(NCC(O)c4cccc(Cl)c4)cc[nH]c3=O)[nH]c2c1. The predicted octanol–water partition coefficient (Wildman–Crippen LogP) is 4.20. The zero-order chi connectivity index (χ0) is 23.5. The number of aliphatic hydroxyl groups is 1. The monoisotopic (exact) mass is 466 g/mol. The molecule has 2 aromatic carbocycles. The van der Waals surface area contributed by atoms with E-state index < -0.39 is 12.1 Å². The highest BCUT2D eigenvalue weighted by atomic mass is 35.5. The zero-order valence-corrected chi connectivity index (χ0v) is 18.9. The van der Waals surface area contributed by atoms with Crippen molar-refractivity contribution in [3.05, 3.63) is 80.7 Å². The van der Waals surface area contributed by atoms with Crippen molar-refractivity contribution in [1.29, 1.82) is 0 Å². The number of aromatic nitrogens is 3. The van der Waals surface area contributed by atoms with Crippen molar-refractivity contribution in [2.24, 2.45) is 0 Å². The van der Waals surface area contributed by atoms with Gasteiger partial charge >= 0.3 is 5.97 Å². The van der Waals surface area contributed by atoms with Crippen molar-refractivity contribution in [1.82, 2.24) is 15.0 Å². The molecule has 1 unspecified atom stereocenters. The van der Waals surface area contributed by atoms with Crippen LogP contribution in [-0.2, 0) is 4.74 Å². The Kier molecular flexibility index (Phi) is 6.48. The molecule has 0 aliphatic heterocycles. The minimum atomic E-state index is -0.833. The second kappa shape index (κ2) is 9.48. The number of nitrogens with zero attached hydrogens (tertiary/aromatic N) is 1. The van der Waals surface area contributed by atoms with Gasteiger partial charge in [0.05, 0.1) is 35.0 Å². The molecule has 0 bridgehead atoms. The molecule has 4 aromatic rings. The second-order valence-corrected chi connectivity index (χ2v) is 7.98. The van der Waals surface area contributed by atoms with Crippen molar-refractivity contribution in [3.8, 4) is 11.4 Å². The second-order valence-electron chi connectivity index (χ2n) is 7.54. The zero-order valence-electron chi connectivity index (χ0n) is 18.1. The average molecular weight is 467 g/mol. The summed E-state index contributed by atoms with van der Waals surface area (Å²) in [6.45, 7) is 4.02. The first-order valence-corrected chi connectivity index (χ1v) is 10.8. The highest BCUT2D eigenvalue weighted by Crippen LogP contribution is 2.27. The third kappa shape index (κ3) is 4.76. The van der Waals surface area contributed by atoms with Crippen molar-refractivity contribution in [2.75, 3.05) is 18.5 Å². The van der Waals surface area contributed by atoms with Gasteiger partial charge in [0, 0.05) is 17.8 Å². The van der Waals surface area contributed by atoms with E-state index in [2.05, 4.69) is 20.3 Å². The Morgan fingerprint density at radius 3 is 2.85 bits per heavy atom. The Labute approximate surface area is 194 Å². The minimum Gasteiger partial charge on any atom is -0.462 e. The van der Waals surface area contributed by atoms with Gasteiger partial charge in [0.2, 0.25) is 0 Å². The number of nitrogens with one attached hydrogen (secondary N) is 3. The van der Waals surface area contributed by atoms with Crippen molar-refractivity contribution < 1.29 is 14.6 Å². The van der Waals surface area contributed by atoms with Crippen LogP contribution in [0.2, 0.25) is 5.02 Å². The minimum absolute atomic E-state index is 0.156. The maximum absolute atomic E-state index is 12.7. The topological polar surface area (TPSA) is 120 Å². The summed E-state index contributed by atoms with van der Waals surface area (Å²) in [5, 5.41) is 14.2. The van der Waals surface area contributed by atoms with Crippen molar-refractivity contribution in [3.63, 3.8) is 0 Å². The molecule has 1 atom stereocenters. The first-order valence-electron chi connectivity index (χ1n) is 10.4. The number of halogens is 1. The molecule has 170 valence electrons. The van der Waals surface area contributed by atoms with Crippen LogP contribution in [0.4, 0.5) is 5.69 Å². The van der Waals surface area contributed by atoms with E-state index in [0.29, 0.717) is 44.3 Å². The lowest BCUT2D eigenvalue weighted by Crippen LogP contribution is -2.17. The summed E-state index contributed by atoms with van der Waals surface area (Å²) in [4.78, 5) is 35.3. The lowest BCUT2D eigenvalue weighted by atomic mass is 10.1. The number of imidazole rings is 1. The maximum Gasteiger partial charge on any atom is 0.338 e. The lowest BCUT2D eigenvalue weighted by Gasteiger charge is -2.15. The number of pyridine rings is 1. The van der Waals surface area contributed by atoms with E-state index in [9.17, 15) is 14.7 Å². The Morgan fingerprint density at radius 2 is 2.09 bits per heavy atom. The number of benzene rings is 2. The number of hydrogen-bond acceptors (Lipinski definition) is 6. The molecule has 9 heteroatoms. The molecule has 8 nitrogen and oxygen atoms in total. The van der Waals surface area contributed by atoms with E-state index in [4.69, 9.17) is 16.3 Å². The van der Waals surface area contributed by atoms with E-state index >= 15 is 0 Å². The largest absolute Gasteiger partial charge is 0.462 e. The number of fused-ring (bicyclic) bond motifs is 1. The van der Waals surface area contributed by atoms with E-state index in [1.54, 1.807) is 49.4 Å². The number of anilines is 1. The van der Waals surface area contributed by atoms with Crippen molar-refractivity contribution >= 4 is 34.3 Å². The molecule has 33 heavy (non-hydrogen) atoms. The normalized spacial score (nSPS) is 12.0. The molecule has 0 saturated carbocycles. The van der Waals surface area contributed by atoms with Gasteiger partial charge in [0.1, 0.15) is 11.4 Å². The summed E-state index contributed by atoms with van der Waals surface area (Å²) in [6.07, 6.45) is 0.688. The fourth-order valence-electron chi connectivity index (χ4n) is 3.64. The smallest absolute Gasteiger partial charge is 0.338 e. The average Bonchev–Trinajstić information content (AvgIpc) is 3.22. The van der Waals surface area contributed by atoms with Crippen LogP contribution in [0.3, 0.4) is 0 Å². The quantitative estimate of drug-likeness (QED) is 0.303. The lowest BCUT2D eigenvalue weighted by molar-refractivity contribution is 0.0526. The van der Waals surface area contributed by atoms with Crippen LogP contribution in [-0.4, -0.2) is 39.2 Å². The Bertz CT molecular complexity index is 1380. The number of rotatable bonds is 7. The molecule has 4 rings (SSSR count). The van der Waals surface area contributed by atoms with Gasteiger partial charge in [0.15, 0.2) is 0 Å². The molecule has 0 aliphatic carbocycles. The summed E-state index contributed by atoms with van der Waals surface area (Å²) in [5.74, 6) is -0.0794. The summed E-state index contributed by atoms with van der Waals surface area (Å²) in [6, 6.07) is 12.0. The maximum atomic E-state index is 12.7. The molecule has 0 spiro atoms. The highest BCUT2D eigenvalue weighted by Gasteiger charge is 2.18. The number of aliphatic hydroxyl groups excluding tert-OH is 1. The van der Waals surface area contributed by atoms with Crippen LogP contribution in [0.25, 0.3) is 22.4 Å². The number of hydrogen-bond donors (Lipinski definition) is 4. The molecule has 0 fully saturated rings. The number of esters is 1. The van der Waals surface area contributed by atoms with Crippen LogP contribution < -0.4 is 10.9 Å². The van der Waals surface area contributed by atoms with Gasteiger partial charge in [-0.05, 0) is 55.3 Å². The predicted molar refractivity (Wildman–Crippen MR) is 128 cm³/mol. The van der Waals surface area contributed by atoms with Gasteiger partial charge in [-0.3, -0.25) is 4.79 Å². The molecule has 0 radical (unpaired) electrons. The first-order chi connectivity index (χ1) is 15.9. The van der Waals surface area contributed by atoms with Crippen LogP contribution in [0.1, 0.15) is 34.5 Å². The van der Waals surface area contributed by atoms with Gasteiger partial charge < -0.3 is 25.1 Å². The third-order valence-corrected chi connectivity index (χ3v) is 5.44. The first kappa shape index (κ1) is 22.6. The Hall–Kier alpha value is -3.62. The van der Waals surface area contributed by atoms with Gasteiger partial charge in [0.25, 0.3) is 5.56 Å². The van der Waals surface area contributed by atoms with Crippen molar-refractivity contribution in [2.45, 2.75) is 20.0 Å². The molecule has 2 aromatic heterocycles.